The zero-order chi connectivity index (χ0) is 20.9. The third-order valence-electron chi connectivity index (χ3n) is 4.10. The highest BCUT2D eigenvalue weighted by atomic mass is 32.2. The Morgan fingerprint density at radius 1 is 1.10 bits per heavy atom. The summed E-state index contributed by atoms with van der Waals surface area (Å²) in [5, 5.41) is 6.48. The van der Waals surface area contributed by atoms with Crippen LogP contribution >= 0.6 is 0 Å². The first-order chi connectivity index (χ1) is 13.8. The third-order valence-corrected chi connectivity index (χ3v) is 5.48. The summed E-state index contributed by atoms with van der Waals surface area (Å²) in [6.45, 7) is 4.02. The van der Waals surface area contributed by atoms with Crippen LogP contribution in [0.15, 0.2) is 57.9 Å². The topological polar surface area (TPSA) is 114 Å². The molecule has 1 aromatic heterocycles. The van der Waals surface area contributed by atoms with E-state index in [0.717, 1.165) is 5.56 Å². The van der Waals surface area contributed by atoms with Crippen LogP contribution in [0.1, 0.15) is 34.1 Å². The molecule has 3 rings (SSSR count). The van der Waals surface area contributed by atoms with E-state index in [1.807, 2.05) is 13.0 Å². The number of amides is 1. The number of hydrogen-bond donors (Lipinski definition) is 2. The van der Waals surface area contributed by atoms with Gasteiger partial charge in [-0.2, -0.15) is 4.98 Å². The van der Waals surface area contributed by atoms with Gasteiger partial charge < -0.3 is 9.84 Å². The van der Waals surface area contributed by atoms with E-state index < -0.39 is 10.0 Å². The van der Waals surface area contributed by atoms with Crippen molar-refractivity contribution in [3.8, 4) is 0 Å². The zero-order valence-corrected chi connectivity index (χ0v) is 17.0. The van der Waals surface area contributed by atoms with Crippen molar-refractivity contribution >= 4 is 21.6 Å². The highest BCUT2D eigenvalue weighted by molar-refractivity contribution is 7.92. The van der Waals surface area contributed by atoms with Gasteiger partial charge in [-0.05, 0) is 56.2 Å². The largest absolute Gasteiger partial charge is 0.352 e. The lowest BCUT2D eigenvalue weighted by atomic mass is 10.2. The maximum atomic E-state index is 12.6. The van der Waals surface area contributed by atoms with E-state index in [9.17, 15) is 13.2 Å². The van der Waals surface area contributed by atoms with Crippen molar-refractivity contribution in [3.63, 3.8) is 0 Å². The molecule has 0 saturated heterocycles. The Labute approximate surface area is 169 Å². The van der Waals surface area contributed by atoms with Crippen molar-refractivity contribution < 1.29 is 17.7 Å². The maximum absolute atomic E-state index is 12.6. The minimum absolute atomic E-state index is 0.0213. The number of carbonyl (C=O) groups excluding carboxylic acids is 1. The molecule has 29 heavy (non-hydrogen) atoms. The maximum Gasteiger partial charge on any atom is 0.261 e. The van der Waals surface area contributed by atoms with E-state index in [1.165, 1.54) is 12.1 Å². The summed E-state index contributed by atoms with van der Waals surface area (Å²) in [4.78, 5) is 16.5. The van der Waals surface area contributed by atoms with Crippen LogP contribution in [-0.2, 0) is 16.4 Å². The Morgan fingerprint density at radius 3 is 2.62 bits per heavy atom. The molecule has 1 heterocycles. The average molecular weight is 414 g/mol. The molecule has 0 aliphatic heterocycles. The molecular weight excluding hydrogens is 392 g/mol. The third kappa shape index (κ3) is 5.64. The molecule has 8 nitrogen and oxygen atoms in total. The lowest BCUT2D eigenvalue weighted by Crippen LogP contribution is -2.25. The fourth-order valence-corrected chi connectivity index (χ4v) is 3.81. The summed E-state index contributed by atoms with van der Waals surface area (Å²) in [5.41, 5.74) is 1.68. The Morgan fingerprint density at radius 2 is 1.90 bits per heavy atom. The molecular formula is C20H22N4O4S. The van der Waals surface area contributed by atoms with Crippen LogP contribution < -0.4 is 10.0 Å². The predicted molar refractivity (Wildman–Crippen MR) is 108 cm³/mol. The van der Waals surface area contributed by atoms with Gasteiger partial charge in [-0.25, -0.2) is 8.42 Å². The van der Waals surface area contributed by atoms with Gasteiger partial charge in [-0.3, -0.25) is 9.52 Å². The van der Waals surface area contributed by atoms with Crippen LogP contribution in [0.5, 0.6) is 0 Å². The number of carbonyl (C=O) groups is 1. The van der Waals surface area contributed by atoms with E-state index in [1.54, 1.807) is 37.3 Å². The van der Waals surface area contributed by atoms with Crippen LogP contribution in [0.3, 0.4) is 0 Å². The van der Waals surface area contributed by atoms with Gasteiger partial charge in [0.2, 0.25) is 5.89 Å². The molecule has 3 aromatic rings. The second-order valence-corrected chi connectivity index (χ2v) is 8.28. The Bertz CT molecular complexity index is 1110. The van der Waals surface area contributed by atoms with Gasteiger partial charge in [0.1, 0.15) is 0 Å². The minimum Gasteiger partial charge on any atom is -0.352 e. The first-order valence-corrected chi connectivity index (χ1v) is 10.6. The molecule has 0 atom stereocenters. The fraction of sp³-hybridized carbons (Fsp3) is 0.250. The average Bonchev–Trinajstić information content (AvgIpc) is 3.10. The van der Waals surface area contributed by atoms with E-state index in [-0.39, 0.29) is 16.4 Å². The number of rotatable bonds is 8. The van der Waals surface area contributed by atoms with Crippen LogP contribution in [-0.4, -0.2) is 31.0 Å². The first kappa shape index (κ1) is 20.5. The molecule has 0 aliphatic carbocycles. The lowest BCUT2D eigenvalue weighted by Gasteiger charge is -2.10. The van der Waals surface area contributed by atoms with Crippen molar-refractivity contribution in [3.05, 3.63) is 71.4 Å². The number of hydrogen-bond acceptors (Lipinski definition) is 6. The molecule has 0 fully saturated rings. The molecule has 152 valence electrons. The Hall–Kier alpha value is -3.20. The number of sulfonamides is 1. The minimum atomic E-state index is -3.80. The van der Waals surface area contributed by atoms with Crippen LogP contribution in [0, 0.1) is 13.8 Å². The first-order valence-electron chi connectivity index (χ1n) is 9.10. The highest BCUT2D eigenvalue weighted by Crippen LogP contribution is 2.18. The number of nitrogens with zero attached hydrogens (tertiary/aromatic N) is 2. The van der Waals surface area contributed by atoms with Gasteiger partial charge >= 0.3 is 0 Å². The molecule has 0 aliphatic rings. The molecule has 0 unspecified atom stereocenters. The van der Waals surface area contributed by atoms with Gasteiger partial charge in [0.05, 0.1) is 4.90 Å². The molecule has 2 aromatic carbocycles. The molecule has 1 amide bonds. The van der Waals surface area contributed by atoms with E-state index in [2.05, 4.69) is 20.2 Å². The number of aromatic nitrogens is 2. The summed E-state index contributed by atoms with van der Waals surface area (Å²) in [5.74, 6) is 0.743. The molecule has 2 N–H and O–H groups in total. The summed E-state index contributed by atoms with van der Waals surface area (Å²) in [6.07, 6.45) is 1.18. The fourth-order valence-electron chi connectivity index (χ4n) is 2.71. The highest BCUT2D eigenvalue weighted by Gasteiger charge is 2.16. The van der Waals surface area contributed by atoms with Crippen LogP contribution in [0.4, 0.5) is 5.69 Å². The SMILES string of the molecule is Cc1cccc(NS(=O)(=O)c2cccc(C(=O)NCCCc3nc(C)no3)c2)c1. The summed E-state index contributed by atoms with van der Waals surface area (Å²) >= 11 is 0. The second kappa shape index (κ2) is 8.87. The van der Waals surface area contributed by atoms with Crippen molar-refractivity contribution in [2.75, 3.05) is 11.3 Å². The number of aryl methyl sites for hydroxylation is 3. The van der Waals surface area contributed by atoms with E-state index in [4.69, 9.17) is 4.52 Å². The van der Waals surface area contributed by atoms with Gasteiger partial charge in [-0.15, -0.1) is 0 Å². The van der Waals surface area contributed by atoms with Gasteiger partial charge in [0.15, 0.2) is 5.82 Å². The van der Waals surface area contributed by atoms with Crippen molar-refractivity contribution in [2.24, 2.45) is 0 Å². The normalized spacial score (nSPS) is 11.2. The standard InChI is InChI=1S/C20H22N4O4S/c1-14-6-3-8-17(12-14)24-29(26,27)18-9-4-7-16(13-18)20(25)21-11-5-10-19-22-15(2)23-28-19/h3-4,6-9,12-13,24H,5,10-11H2,1-2H3,(H,21,25). The van der Waals surface area contributed by atoms with Gasteiger partial charge in [0, 0.05) is 24.2 Å². The number of benzene rings is 2. The Kier molecular flexibility index (Phi) is 6.28. The summed E-state index contributed by atoms with van der Waals surface area (Å²) in [6, 6.07) is 13.0. The quantitative estimate of drug-likeness (QED) is 0.548. The van der Waals surface area contributed by atoms with Crippen LogP contribution in [0.2, 0.25) is 0 Å². The molecule has 9 heteroatoms. The Balaban J connectivity index is 1.61. The second-order valence-electron chi connectivity index (χ2n) is 6.60. The monoisotopic (exact) mass is 414 g/mol. The van der Waals surface area contributed by atoms with E-state index >= 15 is 0 Å². The zero-order valence-electron chi connectivity index (χ0n) is 16.2. The lowest BCUT2D eigenvalue weighted by molar-refractivity contribution is 0.0952. The smallest absolute Gasteiger partial charge is 0.261 e. The molecule has 0 saturated carbocycles. The molecule has 0 radical (unpaired) electrons. The predicted octanol–water partition coefficient (Wildman–Crippen LogP) is 2.85. The number of nitrogens with one attached hydrogen (secondary N) is 2. The molecule has 0 spiro atoms. The summed E-state index contributed by atoms with van der Waals surface area (Å²) < 4.78 is 32.8. The van der Waals surface area contributed by atoms with Gasteiger partial charge in [0.25, 0.3) is 15.9 Å². The summed E-state index contributed by atoms with van der Waals surface area (Å²) in [7, 11) is -3.80. The van der Waals surface area contributed by atoms with E-state index in [0.29, 0.717) is 36.8 Å². The van der Waals surface area contributed by atoms with Gasteiger partial charge in [-0.1, -0.05) is 23.4 Å². The van der Waals surface area contributed by atoms with Crippen LogP contribution in [0.25, 0.3) is 0 Å². The number of anilines is 1. The van der Waals surface area contributed by atoms with Crippen molar-refractivity contribution in [1.82, 2.24) is 15.5 Å². The van der Waals surface area contributed by atoms with Crippen molar-refractivity contribution in [1.29, 1.82) is 0 Å². The molecule has 0 bridgehead atoms. The van der Waals surface area contributed by atoms with Crippen molar-refractivity contribution in [2.45, 2.75) is 31.6 Å².